The molecule has 0 atom stereocenters. The first-order valence-corrected chi connectivity index (χ1v) is 7.64. The van der Waals surface area contributed by atoms with Crippen molar-refractivity contribution in [2.75, 3.05) is 6.61 Å². The molecule has 0 unspecified atom stereocenters. The van der Waals surface area contributed by atoms with Crippen molar-refractivity contribution < 1.29 is 9.53 Å². The molecule has 1 aromatic rings. The number of halogens is 1. The zero-order valence-electron chi connectivity index (χ0n) is 9.87. The van der Waals surface area contributed by atoms with Gasteiger partial charge in [-0.1, -0.05) is 37.0 Å². The van der Waals surface area contributed by atoms with Gasteiger partial charge in [-0.3, -0.25) is 0 Å². The fourth-order valence-corrected chi connectivity index (χ4v) is 3.72. The first kappa shape index (κ1) is 13.0. The van der Waals surface area contributed by atoms with Crippen molar-refractivity contribution >= 4 is 33.2 Å². The third-order valence-corrected chi connectivity index (χ3v) is 4.62. The number of aromatic nitrogens is 1. The van der Waals surface area contributed by atoms with E-state index in [-0.39, 0.29) is 5.97 Å². The molecule has 1 saturated carbocycles. The van der Waals surface area contributed by atoms with Crippen molar-refractivity contribution in [2.24, 2.45) is 5.92 Å². The summed E-state index contributed by atoms with van der Waals surface area (Å²) >= 11 is 4.73. The molecule has 0 saturated heterocycles. The van der Waals surface area contributed by atoms with E-state index in [9.17, 15) is 4.79 Å². The molecule has 0 radical (unpaired) electrons. The van der Waals surface area contributed by atoms with Gasteiger partial charge in [0.15, 0.2) is 3.92 Å². The van der Waals surface area contributed by atoms with Gasteiger partial charge in [-0.25, -0.2) is 9.78 Å². The zero-order valence-corrected chi connectivity index (χ0v) is 12.3. The van der Waals surface area contributed by atoms with Crippen LogP contribution in [0.4, 0.5) is 0 Å². The fourth-order valence-electron chi connectivity index (χ4n) is 2.31. The summed E-state index contributed by atoms with van der Waals surface area (Å²) in [4.78, 5) is 16.9. The number of thiazole rings is 1. The first-order chi connectivity index (χ1) is 8.20. The highest BCUT2D eigenvalue weighted by atomic mass is 79.9. The standard InChI is InChI=1S/C12H16BrNO2S/c1-2-16-11(15)10-9(14-12(13)17-10)7-8-5-3-4-6-8/h8H,2-7H2,1H3. The summed E-state index contributed by atoms with van der Waals surface area (Å²) < 4.78 is 5.83. The Morgan fingerprint density at radius 3 is 2.88 bits per heavy atom. The minimum absolute atomic E-state index is 0.233. The van der Waals surface area contributed by atoms with E-state index in [1.165, 1.54) is 37.0 Å². The summed E-state index contributed by atoms with van der Waals surface area (Å²) in [5.41, 5.74) is 0.909. The van der Waals surface area contributed by atoms with E-state index < -0.39 is 0 Å². The molecule has 94 valence electrons. The van der Waals surface area contributed by atoms with Gasteiger partial charge in [0.2, 0.25) is 0 Å². The van der Waals surface area contributed by atoms with Gasteiger partial charge in [0, 0.05) is 0 Å². The monoisotopic (exact) mass is 317 g/mol. The average Bonchev–Trinajstić information content (AvgIpc) is 2.89. The van der Waals surface area contributed by atoms with Crippen molar-refractivity contribution in [3.05, 3.63) is 14.5 Å². The summed E-state index contributed by atoms with van der Waals surface area (Å²) in [6.07, 6.45) is 6.06. The van der Waals surface area contributed by atoms with Crippen molar-refractivity contribution in [3.8, 4) is 0 Å². The molecule has 0 aromatic carbocycles. The maximum Gasteiger partial charge on any atom is 0.350 e. The Morgan fingerprint density at radius 1 is 1.53 bits per heavy atom. The lowest BCUT2D eigenvalue weighted by atomic mass is 10.0. The van der Waals surface area contributed by atoms with E-state index in [1.807, 2.05) is 6.92 Å². The molecular formula is C12H16BrNO2S. The highest BCUT2D eigenvalue weighted by molar-refractivity contribution is 9.11. The number of nitrogens with zero attached hydrogens (tertiary/aromatic N) is 1. The molecule has 0 spiro atoms. The molecule has 1 aliphatic carbocycles. The third kappa shape index (κ3) is 3.28. The maximum atomic E-state index is 11.8. The summed E-state index contributed by atoms with van der Waals surface area (Å²) in [6.45, 7) is 2.24. The second kappa shape index (κ2) is 5.96. The van der Waals surface area contributed by atoms with Crippen molar-refractivity contribution in [3.63, 3.8) is 0 Å². The zero-order chi connectivity index (χ0) is 12.3. The molecule has 1 fully saturated rings. The maximum absolute atomic E-state index is 11.8. The molecule has 5 heteroatoms. The van der Waals surface area contributed by atoms with E-state index in [4.69, 9.17) is 4.74 Å². The molecule has 17 heavy (non-hydrogen) atoms. The Hall–Kier alpha value is -0.420. The highest BCUT2D eigenvalue weighted by Crippen LogP contribution is 2.32. The topological polar surface area (TPSA) is 39.2 Å². The highest BCUT2D eigenvalue weighted by Gasteiger charge is 2.23. The van der Waals surface area contributed by atoms with Crippen LogP contribution >= 0.6 is 27.3 Å². The molecule has 0 N–H and O–H groups in total. The molecular weight excluding hydrogens is 302 g/mol. The smallest absolute Gasteiger partial charge is 0.350 e. The molecule has 1 aliphatic rings. The van der Waals surface area contributed by atoms with Crippen LogP contribution in [0.25, 0.3) is 0 Å². The van der Waals surface area contributed by atoms with Crippen LogP contribution in [0.5, 0.6) is 0 Å². The Balaban J connectivity index is 2.11. The quantitative estimate of drug-likeness (QED) is 0.792. The van der Waals surface area contributed by atoms with Gasteiger partial charge in [-0.05, 0) is 35.2 Å². The summed E-state index contributed by atoms with van der Waals surface area (Å²) in [5, 5.41) is 0. The van der Waals surface area contributed by atoms with Gasteiger partial charge in [0.1, 0.15) is 4.88 Å². The van der Waals surface area contributed by atoms with E-state index in [2.05, 4.69) is 20.9 Å². The van der Waals surface area contributed by atoms with E-state index >= 15 is 0 Å². The van der Waals surface area contributed by atoms with Crippen LogP contribution in [0.15, 0.2) is 3.92 Å². The second-order valence-corrected chi connectivity index (χ2v) is 6.59. The normalized spacial score (nSPS) is 16.4. The lowest BCUT2D eigenvalue weighted by molar-refractivity contribution is 0.0530. The minimum Gasteiger partial charge on any atom is -0.462 e. The lowest BCUT2D eigenvalue weighted by Gasteiger charge is -2.07. The van der Waals surface area contributed by atoms with Gasteiger partial charge < -0.3 is 4.74 Å². The largest absolute Gasteiger partial charge is 0.462 e. The van der Waals surface area contributed by atoms with Gasteiger partial charge >= 0.3 is 5.97 Å². The Bertz CT molecular complexity index is 399. The van der Waals surface area contributed by atoms with Gasteiger partial charge in [-0.2, -0.15) is 0 Å². The van der Waals surface area contributed by atoms with E-state index in [1.54, 1.807) is 0 Å². The first-order valence-electron chi connectivity index (χ1n) is 6.03. The van der Waals surface area contributed by atoms with Crippen LogP contribution in [-0.4, -0.2) is 17.6 Å². The molecule has 0 amide bonds. The number of ether oxygens (including phenoxy) is 1. The summed E-state index contributed by atoms with van der Waals surface area (Å²) in [6, 6.07) is 0. The number of rotatable bonds is 4. The van der Waals surface area contributed by atoms with Gasteiger partial charge in [-0.15, -0.1) is 0 Å². The second-order valence-electron chi connectivity index (χ2n) is 4.32. The van der Waals surface area contributed by atoms with Gasteiger partial charge in [0.05, 0.1) is 12.3 Å². The lowest BCUT2D eigenvalue weighted by Crippen LogP contribution is -2.08. The molecule has 0 bridgehead atoms. The fraction of sp³-hybridized carbons (Fsp3) is 0.667. The van der Waals surface area contributed by atoms with Gasteiger partial charge in [0.25, 0.3) is 0 Å². The van der Waals surface area contributed by atoms with Crippen LogP contribution in [0, 0.1) is 5.92 Å². The number of hydrogen-bond donors (Lipinski definition) is 0. The summed E-state index contributed by atoms with van der Waals surface area (Å²) in [5.74, 6) is 0.459. The van der Waals surface area contributed by atoms with E-state index in [0.29, 0.717) is 17.4 Å². The van der Waals surface area contributed by atoms with Crippen LogP contribution in [0.1, 0.15) is 48.0 Å². The van der Waals surface area contributed by atoms with Crippen molar-refractivity contribution in [1.82, 2.24) is 4.98 Å². The third-order valence-electron chi connectivity index (χ3n) is 3.09. The van der Waals surface area contributed by atoms with Crippen molar-refractivity contribution in [2.45, 2.75) is 39.0 Å². The predicted octanol–water partition coefficient (Wildman–Crippen LogP) is 3.82. The SMILES string of the molecule is CCOC(=O)c1sc(Br)nc1CC1CCCC1. The van der Waals surface area contributed by atoms with Crippen LogP contribution in [-0.2, 0) is 11.2 Å². The average molecular weight is 318 g/mol. The molecule has 3 nitrogen and oxygen atoms in total. The Labute approximate surface area is 114 Å². The Morgan fingerprint density at radius 2 is 2.24 bits per heavy atom. The molecule has 0 aliphatic heterocycles. The molecule has 1 heterocycles. The molecule has 2 rings (SSSR count). The van der Waals surface area contributed by atoms with Crippen LogP contribution in [0.3, 0.4) is 0 Å². The van der Waals surface area contributed by atoms with Crippen molar-refractivity contribution in [1.29, 1.82) is 0 Å². The number of hydrogen-bond acceptors (Lipinski definition) is 4. The van der Waals surface area contributed by atoms with E-state index in [0.717, 1.165) is 16.0 Å². The molecule has 1 aromatic heterocycles. The number of carbonyl (C=O) groups is 1. The Kier molecular flexibility index (Phi) is 4.56. The minimum atomic E-state index is -0.233. The predicted molar refractivity (Wildman–Crippen MR) is 71.4 cm³/mol. The number of carbonyl (C=O) groups excluding carboxylic acids is 1. The number of esters is 1. The van der Waals surface area contributed by atoms with Crippen LogP contribution < -0.4 is 0 Å². The summed E-state index contributed by atoms with van der Waals surface area (Å²) in [7, 11) is 0. The van der Waals surface area contributed by atoms with Crippen LogP contribution in [0.2, 0.25) is 0 Å².